The van der Waals surface area contributed by atoms with Crippen molar-refractivity contribution >= 4 is 0 Å². The third kappa shape index (κ3) is 3.07. The van der Waals surface area contributed by atoms with Gasteiger partial charge in [-0.05, 0) is 6.42 Å². The standard InChI is InChI=1S/C14H25NO9/c16-4-7-10(20)11(21)12(22)14(23-7)24-13-8-5(17)1-2-15(8)3-6(18)9(13)19/h5-14,16-22H,1-4H2. The lowest BCUT2D eigenvalue weighted by Gasteiger charge is -2.47. The lowest BCUT2D eigenvalue weighted by Crippen LogP contribution is -2.66. The van der Waals surface area contributed by atoms with Crippen LogP contribution in [0.3, 0.4) is 0 Å². The lowest BCUT2D eigenvalue weighted by atomic mass is 9.92. The van der Waals surface area contributed by atoms with Gasteiger partial charge in [0.2, 0.25) is 0 Å². The van der Waals surface area contributed by atoms with Crippen LogP contribution in [0.4, 0.5) is 0 Å². The molecule has 140 valence electrons. The van der Waals surface area contributed by atoms with Crippen LogP contribution in [0.5, 0.6) is 0 Å². The normalized spacial score (nSPS) is 53.1. The molecule has 3 aliphatic heterocycles. The predicted octanol–water partition coefficient (Wildman–Crippen LogP) is -4.66. The Morgan fingerprint density at radius 2 is 1.62 bits per heavy atom. The topological polar surface area (TPSA) is 163 Å². The summed E-state index contributed by atoms with van der Waals surface area (Å²) in [6.45, 7) is 0.125. The fourth-order valence-electron chi connectivity index (χ4n) is 3.77. The van der Waals surface area contributed by atoms with E-state index in [0.717, 1.165) is 0 Å². The Hall–Kier alpha value is -0.400. The van der Waals surface area contributed by atoms with Crippen LogP contribution in [-0.2, 0) is 9.47 Å². The molecule has 0 amide bonds. The summed E-state index contributed by atoms with van der Waals surface area (Å²) in [7, 11) is 0. The number of piperidine rings is 1. The molecular formula is C14H25NO9. The van der Waals surface area contributed by atoms with Gasteiger partial charge in [-0.3, -0.25) is 4.90 Å². The van der Waals surface area contributed by atoms with Crippen LogP contribution in [-0.4, -0.2) is 122 Å². The fraction of sp³-hybridized carbons (Fsp3) is 1.00. The van der Waals surface area contributed by atoms with Crippen molar-refractivity contribution in [3.8, 4) is 0 Å². The zero-order valence-corrected chi connectivity index (χ0v) is 13.0. The number of rotatable bonds is 3. The van der Waals surface area contributed by atoms with Crippen LogP contribution in [0.1, 0.15) is 6.42 Å². The van der Waals surface area contributed by atoms with Gasteiger partial charge < -0.3 is 45.2 Å². The molecule has 0 radical (unpaired) electrons. The number of fused-ring (bicyclic) bond motifs is 1. The Labute approximate surface area is 138 Å². The molecule has 10 nitrogen and oxygen atoms in total. The molecule has 3 saturated heterocycles. The molecule has 0 aromatic carbocycles. The van der Waals surface area contributed by atoms with Gasteiger partial charge in [-0.1, -0.05) is 0 Å². The van der Waals surface area contributed by atoms with Gasteiger partial charge in [0.05, 0.1) is 24.9 Å². The number of hydrogen-bond acceptors (Lipinski definition) is 10. The van der Waals surface area contributed by atoms with E-state index in [1.54, 1.807) is 4.90 Å². The van der Waals surface area contributed by atoms with E-state index in [2.05, 4.69) is 0 Å². The summed E-state index contributed by atoms with van der Waals surface area (Å²) in [5.74, 6) is 0. The van der Waals surface area contributed by atoms with E-state index in [9.17, 15) is 35.7 Å². The summed E-state index contributed by atoms with van der Waals surface area (Å²) in [6.07, 6.45) is -11.1. The van der Waals surface area contributed by atoms with Crippen molar-refractivity contribution in [1.82, 2.24) is 4.90 Å². The van der Waals surface area contributed by atoms with E-state index >= 15 is 0 Å². The van der Waals surface area contributed by atoms with Gasteiger partial charge in [0.15, 0.2) is 6.29 Å². The number of ether oxygens (including phenoxy) is 2. The summed E-state index contributed by atoms with van der Waals surface area (Å²) < 4.78 is 10.9. The van der Waals surface area contributed by atoms with E-state index in [-0.39, 0.29) is 6.54 Å². The molecular weight excluding hydrogens is 326 g/mol. The van der Waals surface area contributed by atoms with Gasteiger partial charge in [-0.15, -0.1) is 0 Å². The van der Waals surface area contributed by atoms with Crippen molar-refractivity contribution in [1.29, 1.82) is 0 Å². The minimum Gasteiger partial charge on any atom is -0.394 e. The molecule has 3 fully saturated rings. The maximum atomic E-state index is 10.2. The molecule has 7 N–H and O–H groups in total. The molecule has 3 heterocycles. The van der Waals surface area contributed by atoms with E-state index in [1.165, 1.54) is 0 Å². The molecule has 10 heteroatoms. The Bertz CT molecular complexity index is 438. The summed E-state index contributed by atoms with van der Waals surface area (Å²) in [5, 5.41) is 69.2. The first kappa shape index (κ1) is 18.4. The molecule has 3 rings (SSSR count). The third-order valence-electron chi connectivity index (χ3n) is 5.16. The van der Waals surface area contributed by atoms with E-state index in [1.807, 2.05) is 0 Å². The van der Waals surface area contributed by atoms with E-state index in [0.29, 0.717) is 13.0 Å². The van der Waals surface area contributed by atoms with Crippen molar-refractivity contribution in [2.75, 3.05) is 19.7 Å². The van der Waals surface area contributed by atoms with Crippen LogP contribution in [0, 0.1) is 0 Å². The van der Waals surface area contributed by atoms with Crippen LogP contribution < -0.4 is 0 Å². The fourth-order valence-corrected chi connectivity index (χ4v) is 3.77. The van der Waals surface area contributed by atoms with Crippen LogP contribution in [0.2, 0.25) is 0 Å². The highest BCUT2D eigenvalue weighted by atomic mass is 16.7. The average molecular weight is 351 g/mol. The van der Waals surface area contributed by atoms with Gasteiger partial charge in [-0.25, -0.2) is 0 Å². The number of hydrogen-bond donors (Lipinski definition) is 7. The quantitative estimate of drug-likeness (QED) is 0.263. The first-order valence-corrected chi connectivity index (χ1v) is 8.09. The maximum absolute atomic E-state index is 10.2. The number of aliphatic hydroxyl groups excluding tert-OH is 7. The summed E-state index contributed by atoms with van der Waals surface area (Å²) in [6, 6.07) is -0.587. The molecule has 0 saturated carbocycles. The summed E-state index contributed by atoms with van der Waals surface area (Å²) in [5.41, 5.74) is 0. The van der Waals surface area contributed by atoms with Crippen LogP contribution in [0.25, 0.3) is 0 Å². The molecule has 0 aromatic rings. The highest BCUT2D eigenvalue weighted by Crippen LogP contribution is 2.33. The van der Waals surface area contributed by atoms with Crippen LogP contribution in [0.15, 0.2) is 0 Å². The molecule has 0 spiro atoms. The SMILES string of the molecule is OCC1OC(OC2C(O)C(O)CN3CCC(O)C23)C(O)C(O)C1O. The van der Waals surface area contributed by atoms with Crippen molar-refractivity contribution in [2.24, 2.45) is 0 Å². The molecule has 0 aliphatic carbocycles. The van der Waals surface area contributed by atoms with Gasteiger partial charge in [-0.2, -0.15) is 0 Å². The summed E-state index contributed by atoms with van der Waals surface area (Å²) in [4.78, 5) is 1.79. The Kier molecular flexibility index (Phi) is 5.42. The Morgan fingerprint density at radius 1 is 0.917 bits per heavy atom. The molecule has 24 heavy (non-hydrogen) atoms. The first-order chi connectivity index (χ1) is 11.3. The maximum Gasteiger partial charge on any atom is 0.187 e. The minimum absolute atomic E-state index is 0.192. The van der Waals surface area contributed by atoms with Gasteiger partial charge in [0, 0.05) is 13.1 Å². The van der Waals surface area contributed by atoms with E-state index in [4.69, 9.17) is 9.47 Å². The van der Waals surface area contributed by atoms with Gasteiger partial charge in [0.25, 0.3) is 0 Å². The third-order valence-corrected chi connectivity index (χ3v) is 5.16. The van der Waals surface area contributed by atoms with Gasteiger partial charge in [0.1, 0.15) is 36.6 Å². The van der Waals surface area contributed by atoms with E-state index < -0.39 is 67.8 Å². The average Bonchev–Trinajstić information content (AvgIpc) is 2.92. The molecule has 10 unspecified atom stereocenters. The Morgan fingerprint density at radius 3 is 2.29 bits per heavy atom. The lowest BCUT2D eigenvalue weighted by molar-refractivity contribution is -0.328. The van der Waals surface area contributed by atoms with Crippen molar-refractivity contribution in [3.63, 3.8) is 0 Å². The molecule has 3 aliphatic rings. The largest absolute Gasteiger partial charge is 0.394 e. The smallest absolute Gasteiger partial charge is 0.187 e. The van der Waals surface area contributed by atoms with Crippen molar-refractivity contribution < 1.29 is 45.2 Å². The van der Waals surface area contributed by atoms with Gasteiger partial charge >= 0.3 is 0 Å². The van der Waals surface area contributed by atoms with Crippen LogP contribution >= 0.6 is 0 Å². The Balaban J connectivity index is 1.77. The first-order valence-electron chi connectivity index (χ1n) is 8.09. The summed E-state index contributed by atoms with van der Waals surface area (Å²) >= 11 is 0. The monoisotopic (exact) mass is 351 g/mol. The van der Waals surface area contributed by atoms with Crippen molar-refractivity contribution in [3.05, 3.63) is 0 Å². The molecule has 0 aromatic heterocycles. The highest BCUT2D eigenvalue weighted by Gasteiger charge is 2.52. The second-order valence-corrected chi connectivity index (χ2v) is 6.70. The second-order valence-electron chi connectivity index (χ2n) is 6.70. The number of nitrogens with zero attached hydrogens (tertiary/aromatic N) is 1. The molecule has 10 atom stereocenters. The second kappa shape index (κ2) is 7.08. The number of aliphatic hydroxyl groups is 7. The minimum atomic E-state index is -1.61. The predicted molar refractivity (Wildman–Crippen MR) is 76.6 cm³/mol. The zero-order chi connectivity index (χ0) is 17.6. The zero-order valence-electron chi connectivity index (χ0n) is 13.0. The highest BCUT2D eigenvalue weighted by molar-refractivity contribution is 5.03. The van der Waals surface area contributed by atoms with Crippen molar-refractivity contribution in [2.45, 2.75) is 67.6 Å². The molecule has 0 bridgehead atoms.